The molecule has 714 valence electrons. The average molecular weight is 1890 g/mol. The van der Waals surface area contributed by atoms with Gasteiger partial charge in [0.05, 0.1) is 38.6 Å². The Labute approximate surface area is 851 Å². The molecule has 0 N–H and O–H groups in total. The molecule has 0 bridgehead atoms. The van der Waals surface area contributed by atoms with Crippen LogP contribution in [0.4, 0.5) is 39.8 Å². The van der Waals surface area contributed by atoms with Crippen molar-refractivity contribution in [2.24, 2.45) is 0 Å². The van der Waals surface area contributed by atoms with Crippen molar-refractivity contribution < 1.29 is 22.6 Å². The highest BCUT2D eigenvalue weighted by atomic mass is 15.4. The topological polar surface area (TPSA) is 68.4 Å². The van der Waals surface area contributed by atoms with Gasteiger partial charge in [-0.25, -0.2) is 22.8 Å². The molecule has 22 heteroatoms. The quantitative estimate of drug-likeness (QED) is 0.112. The predicted octanol–water partition coefficient (Wildman–Crippen LogP) is 20.1. The molecule has 0 aliphatic carbocycles. The minimum Gasteiger partial charge on any atom is -0.372 e. The molecule has 0 atom stereocenters. The van der Waals surface area contributed by atoms with Gasteiger partial charge in [-0.05, 0) is 289 Å². The van der Waals surface area contributed by atoms with E-state index in [4.69, 9.17) is 0 Å². The van der Waals surface area contributed by atoms with Crippen LogP contribution in [-0.2, 0) is 43.6 Å². The molecule has 17 nitrogen and oxygen atoms in total. The van der Waals surface area contributed by atoms with E-state index >= 15 is 0 Å². The highest BCUT2D eigenvalue weighted by molar-refractivity contribution is 6.79. The number of nitrogens with zero attached hydrogens (tertiary/aromatic N) is 17. The summed E-state index contributed by atoms with van der Waals surface area (Å²) in [6, 6.07) is 81.5. The SMILES string of the molecule is CC(C)c1cccc(C(C)C)c1N1B2c3ccccc3C(C)(C)c3c[n+]4c(n32)-c2c(cccc21)C4.CN1B(N2C(C)(C)CCCC2(C)C)[n+]2ccn3c2-c2c(cccc21)C3.Cc1ccc(C)n1B1N(C)c2cccc3c2-c2n(cc[n+]21)C3.Cc1cccc(C)c1B1N(C)c2cc(-c3c(C)cccc3C)cc3c2-c2n(cc[n+]21)C3.Cc1cccc(C)c1N1B2c3ccccc3C(C)(C)c3c[n+]4c(n32)-c2c(cccc21)C4. The van der Waals surface area contributed by atoms with E-state index in [0.717, 1.165) is 32.7 Å². The molecule has 1 fully saturated rings. The molecule has 17 aromatic rings. The van der Waals surface area contributed by atoms with Gasteiger partial charge in [0.15, 0.2) is 0 Å². The van der Waals surface area contributed by atoms with Crippen LogP contribution >= 0.6 is 0 Å². The van der Waals surface area contributed by atoms with Crippen LogP contribution in [0, 0.1) is 55.4 Å². The summed E-state index contributed by atoms with van der Waals surface area (Å²) in [4.78, 5) is 15.4. The summed E-state index contributed by atoms with van der Waals surface area (Å²) in [6.07, 6.45) is 22.1. The van der Waals surface area contributed by atoms with Crippen LogP contribution in [0.15, 0.2) is 268 Å². The predicted molar refractivity (Wildman–Crippen MR) is 592 cm³/mol. The van der Waals surface area contributed by atoms with Crippen molar-refractivity contribution in [1.82, 2.24) is 31.9 Å². The summed E-state index contributed by atoms with van der Waals surface area (Å²) in [5.41, 5.74) is 50.0. The molecule has 6 aromatic heterocycles. The minimum absolute atomic E-state index is 0.0384. The number of imidazole rings is 5. The van der Waals surface area contributed by atoms with Crippen LogP contribution in [0.1, 0.15) is 220 Å². The minimum atomic E-state index is -0.0546. The first kappa shape index (κ1) is 90.1. The fraction of sp³-hybridized carbons (Fsp3) is 0.303. The van der Waals surface area contributed by atoms with Gasteiger partial charge >= 0.3 is 35.2 Å². The highest BCUT2D eigenvalue weighted by Crippen LogP contribution is 2.56. The largest absolute Gasteiger partial charge is 0.637 e. The van der Waals surface area contributed by atoms with Crippen molar-refractivity contribution in [1.29, 1.82) is 0 Å². The Morgan fingerprint density at radius 2 is 0.736 bits per heavy atom. The number of aromatic nitrogens is 11. The molecule has 19 heterocycles. The second kappa shape index (κ2) is 32.0. The lowest BCUT2D eigenvalue weighted by Gasteiger charge is -2.55. The number of benzene rings is 11. The Hall–Kier alpha value is -14.0. The number of rotatable bonds is 8. The average Bonchev–Trinajstić information content (AvgIpc) is 1.49. The van der Waals surface area contributed by atoms with Gasteiger partial charge in [-0.1, -0.05) is 198 Å². The Morgan fingerprint density at radius 1 is 0.340 bits per heavy atom. The molecule has 0 radical (unpaired) electrons. The lowest BCUT2D eigenvalue weighted by molar-refractivity contribution is -0.671. The third kappa shape index (κ3) is 12.7. The van der Waals surface area contributed by atoms with Crippen molar-refractivity contribution in [2.75, 3.05) is 45.2 Å². The fourth-order valence-electron chi connectivity index (χ4n) is 29.1. The van der Waals surface area contributed by atoms with Gasteiger partial charge in [-0.15, -0.1) is 0 Å². The molecule has 30 rings (SSSR count). The zero-order valence-corrected chi connectivity index (χ0v) is 88.2. The second-order valence-electron chi connectivity index (χ2n) is 46.5. The molecule has 13 aliphatic heterocycles. The maximum Gasteiger partial charge on any atom is 0.637 e. The Morgan fingerprint density at radius 3 is 1.23 bits per heavy atom. The molecule has 13 aliphatic rings. The molecule has 0 spiro atoms. The number of anilines is 7. The third-order valence-electron chi connectivity index (χ3n) is 35.4. The molecule has 0 amide bonds. The summed E-state index contributed by atoms with van der Waals surface area (Å²) in [5.74, 6) is 7.67. The lowest BCUT2D eigenvalue weighted by Crippen LogP contribution is -2.80. The first-order chi connectivity index (χ1) is 69.2. The van der Waals surface area contributed by atoms with Crippen LogP contribution in [-0.4, -0.2) is 99.4 Å². The molecule has 1 saturated heterocycles. The summed E-state index contributed by atoms with van der Waals surface area (Å²) in [6.45, 7) is 51.6. The van der Waals surface area contributed by atoms with Crippen LogP contribution in [0.2, 0.25) is 0 Å². The van der Waals surface area contributed by atoms with E-state index in [2.05, 4.69) is 506 Å². The molecule has 11 aromatic carbocycles. The van der Waals surface area contributed by atoms with Crippen molar-refractivity contribution >= 4 is 91.4 Å². The summed E-state index contributed by atoms with van der Waals surface area (Å²) < 4.78 is 27.3. The van der Waals surface area contributed by atoms with Crippen LogP contribution in [0.3, 0.4) is 0 Å². The maximum absolute atomic E-state index is 2.76. The first-order valence-corrected chi connectivity index (χ1v) is 52.7. The Bertz CT molecular complexity index is 8200. The van der Waals surface area contributed by atoms with E-state index in [9.17, 15) is 0 Å². The Kier molecular flexibility index (Phi) is 20.0. The van der Waals surface area contributed by atoms with Gasteiger partial charge in [-0.2, -0.15) is 0 Å². The summed E-state index contributed by atoms with van der Waals surface area (Å²) in [7, 11) is 7.11. The number of hydrogen-bond acceptors (Lipinski definition) is 6. The Balaban J connectivity index is 0.0000000926. The van der Waals surface area contributed by atoms with E-state index < -0.39 is 0 Å². The van der Waals surface area contributed by atoms with Gasteiger partial charge in [0, 0.05) is 95.6 Å². The van der Waals surface area contributed by atoms with Gasteiger partial charge in [0.1, 0.15) is 93.7 Å². The van der Waals surface area contributed by atoms with Gasteiger partial charge < -0.3 is 28.5 Å². The zero-order chi connectivity index (χ0) is 99.3. The summed E-state index contributed by atoms with van der Waals surface area (Å²) in [5, 5.41) is 0. The lowest BCUT2D eigenvalue weighted by atomic mass is 9.54. The monoisotopic (exact) mass is 1890 g/mol. The van der Waals surface area contributed by atoms with E-state index in [0.29, 0.717) is 11.8 Å². The number of hydrogen-bond donors (Lipinski definition) is 0. The molecule has 0 saturated carbocycles. The standard InChI is InChI=1S/C31H33BN3.C27H25BN3.C27H27BN3.C20H28BN4.C17H18BN4/c1-19(2)22-12-10-13-23(20(3)4)29(22)34-26-16-9-11-21-17-33-18-27-31(5,6)24-14-7-8-15-25(24)32(34)35(27)30(33)28(21)26;1-17-9-7-10-18(2)25(17)30-22-14-8-11-19-15-29-16-23-27(3,4)20-12-5-6-13-21(20)28(30)31(23)26(29)24(19)22;1-17-8-6-9-18(2)24(17)21-14-22-16-30-12-13-31-27(30)25(22)23(15-21)29(5)28(31)26-19(3)10-7-11-20(26)4;1-19(2)10-7-11-20(3,4)25(19)21-22(5)16-9-6-8-15-14-23-12-13-24(21)18(23)17(15)16;1-12-7-8-13(2)22(12)18-19(3)15-6-4-5-14-11-20-9-10-21(18)17(20)16(14)15/h7-16,18-20H,17H2,1-6H3;5-14,16H,15H2,1-4H3;6-15H,16H2,1-5H3;6,8-9,12-13H,7,10-11,14H2,1-5H3;4-10H,11H2,1-3H3/q5*+1. The number of aryl methyl sites for hydroxylation is 8. The van der Waals surface area contributed by atoms with E-state index in [1.165, 1.54) is 250 Å². The van der Waals surface area contributed by atoms with Crippen molar-refractivity contribution in [2.45, 2.75) is 224 Å². The molecule has 0 unspecified atom stereocenters. The molecular formula is C122H131B5N17+5. The van der Waals surface area contributed by atoms with Crippen LogP contribution in [0.25, 0.3) is 68.1 Å². The fourth-order valence-corrected chi connectivity index (χ4v) is 29.1. The van der Waals surface area contributed by atoms with Crippen LogP contribution < -0.4 is 63.0 Å². The van der Waals surface area contributed by atoms with Gasteiger partial charge in [0.25, 0.3) is 29.1 Å². The highest BCUT2D eigenvalue weighted by Gasteiger charge is 2.63. The second-order valence-corrected chi connectivity index (χ2v) is 46.5. The van der Waals surface area contributed by atoms with Gasteiger partial charge in [-0.3, -0.25) is 27.2 Å². The number of piperidine rings is 1. The maximum atomic E-state index is 2.76. The van der Waals surface area contributed by atoms with Crippen molar-refractivity contribution in [3.8, 4) is 68.1 Å². The molecule has 144 heavy (non-hydrogen) atoms. The zero-order valence-electron chi connectivity index (χ0n) is 88.2. The third-order valence-corrected chi connectivity index (χ3v) is 35.4. The number of fused-ring (bicyclic) bond motifs is 4. The van der Waals surface area contributed by atoms with E-state index in [1.54, 1.807) is 0 Å². The van der Waals surface area contributed by atoms with Crippen molar-refractivity contribution in [3.63, 3.8) is 0 Å². The normalized spacial score (nSPS) is 16.7. The summed E-state index contributed by atoms with van der Waals surface area (Å²) >= 11 is 0. The van der Waals surface area contributed by atoms with Gasteiger partial charge in [0.2, 0.25) is 0 Å². The van der Waals surface area contributed by atoms with E-state index in [-0.39, 0.29) is 57.1 Å². The first-order valence-electron chi connectivity index (χ1n) is 52.7. The van der Waals surface area contributed by atoms with E-state index in [1.807, 2.05) is 0 Å². The smallest absolute Gasteiger partial charge is 0.372 e. The molecular weight excluding hydrogens is 1760 g/mol. The number of para-hydroxylation sites is 2. The van der Waals surface area contributed by atoms with Crippen LogP contribution in [0.5, 0.6) is 0 Å². The van der Waals surface area contributed by atoms with Crippen molar-refractivity contribution in [3.05, 3.63) is 374 Å².